The van der Waals surface area contributed by atoms with Crippen molar-refractivity contribution in [1.29, 1.82) is 0 Å². The molecule has 0 radical (unpaired) electrons. The van der Waals surface area contributed by atoms with Gasteiger partial charge in [-0.15, -0.1) is 5.92 Å². The third-order valence-electron chi connectivity index (χ3n) is 5.12. The molecule has 0 unspecified atom stereocenters. The first-order valence-electron chi connectivity index (χ1n) is 9.07. The quantitative estimate of drug-likeness (QED) is 0.596. The third-order valence-corrected chi connectivity index (χ3v) is 5.12. The second-order valence-corrected chi connectivity index (χ2v) is 7.00. The molecule has 0 bridgehead atoms. The van der Waals surface area contributed by atoms with Gasteiger partial charge in [0.25, 0.3) is 0 Å². The molecule has 0 atom stereocenters. The molecule has 0 spiro atoms. The van der Waals surface area contributed by atoms with Crippen LogP contribution in [-0.4, -0.2) is 4.57 Å². The smallest absolute Gasteiger partial charge is 0.0458 e. The number of aromatic nitrogens is 1. The molecule has 1 nitrogen and oxygen atoms in total. The van der Waals surface area contributed by atoms with Crippen molar-refractivity contribution in [2.45, 2.75) is 52.4 Å². The Balaban J connectivity index is 1.81. The highest BCUT2D eigenvalue weighted by Crippen LogP contribution is 2.29. The van der Waals surface area contributed by atoms with Gasteiger partial charge in [-0.3, -0.25) is 0 Å². The van der Waals surface area contributed by atoms with Crippen LogP contribution in [-0.2, 0) is 6.42 Å². The van der Waals surface area contributed by atoms with Crippen LogP contribution in [0.3, 0.4) is 0 Å². The van der Waals surface area contributed by atoms with Gasteiger partial charge in [0.15, 0.2) is 0 Å². The van der Waals surface area contributed by atoms with Crippen LogP contribution in [0.4, 0.5) is 0 Å². The van der Waals surface area contributed by atoms with Crippen molar-refractivity contribution in [1.82, 2.24) is 4.57 Å². The largest absolute Gasteiger partial charge is 0.322 e. The summed E-state index contributed by atoms with van der Waals surface area (Å²) in [6.07, 6.45) is 12.6. The van der Waals surface area contributed by atoms with E-state index in [9.17, 15) is 0 Å². The molecule has 2 aromatic rings. The van der Waals surface area contributed by atoms with E-state index in [2.05, 4.69) is 59.6 Å². The van der Waals surface area contributed by atoms with E-state index in [0.717, 1.165) is 17.9 Å². The van der Waals surface area contributed by atoms with E-state index >= 15 is 0 Å². The summed E-state index contributed by atoms with van der Waals surface area (Å²) in [5.41, 5.74) is 6.05. The minimum Gasteiger partial charge on any atom is -0.322 e. The molecule has 0 amide bonds. The first-order chi connectivity index (χ1) is 11.7. The summed E-state index contributed by atoms with van der Waals surface area (Å²) >= 11 is 0. The van der Waals surface area contributed by atoms with Crippen molar-refractivity contribution in [3.05, 3.63) is 59.9 Å². The molecule has 0 N–H and O–H groups in total. The van der Waals surface area contributed by atoms with Gasteiger partial charge in [0.1, 0.15) is 0 Å². The molecular formula is C23H27N. The van der Waals surface area contributed by atoms with E-state index in [1.165, 1.54) is 54.5 Å². The van der Waals surface area contributed by atoms with Crippen LogP contribution < -0.4 is 0 Å². The summed E-state index contributed by atoms with van der Waals surface area (Å²) in [6.45, 7) is 7.97. The van der Waals surface area contributed by atoms with Gasteiger partial charge >= 0.3 is 0 Å². The average Bonchev–Trinajstić information content (AvgIpc) is 3.23. The minimum atomic E-state index is 0.922. The lowest BCUT2D eigenvalue weighted by Crippen LogP contribution is -1.97. The maximum Gasteiger partial charge on any atom is 0.0458 e. The average molecular weight is 317 g/mol. The zero-order chi connectivity index (χ0) is 16.9. The van der Waals surface area contributed by atoms with E-state index in [0.29, 0.717) is 0 Å². The summed E-state index contributed by atoms with van der Waals surface area (Å²) in [7, 11) is 0. The molecule has 0 saturated heterocycles. The van der Waals surface area contributed by atoms with Crippen LogP contribution in [0.2, 0.25) is 0 Å². The fourth-order valence-corrected chi connectivity index (χ4v) is 3.67. The Labute approximate surface area is 146 Å². The predicted octanol–water partition coefficient (Wildman–Crippen LogP) is 6.00. The topological polar surface area (TPSA) is 4.93 Å². The number of hydrogen-bond acceptors (Lipinski definition) is 0. The number of nitrogens with zero attached hydrogens (tertiary/aromatic N) is 1. The Morgan fingerprint density at radius 3 is 2.50 bits per heavy atom. The molecule has 3 rings (SSSR count). The van der Waals surface area contributed by atoms with Gasteiger partial charge in [0, 0.05) is 23.6 Å². The highest BCUT2D eigenvalue weighted by Gasteiger charge is 2.16. The highest BCUT2D eigenvalue weighted by molar-refractivity contribution is 5.62. The number of benzene rings is 1. The van der Waals surface area contributed by atoms with Crippen molar-refractivity contribution in [2.75, 3.05) is 0 Å². The second kappa shape index (κ2) is 7.58. The third kappa shape index (κ3) is 3.82. The lowest BCUT2D eigenvalue weighted by molar-refractivity contribution is 0.503. The summed E-state index contributed by atoms with van der Waals surface area (Å²) in [6, 6.07) is 8.60. The Bertz CT molecular complexity index is 759. The molecular weight excluding hydrogens is 290 g/mol. The fraction of sp³-hybridized carbons (Fsp3) is 0.391. The maximum atomic E-state index is 4.01. The Hall–Kier alpha value is -2.20. The van der Waals surface area contributed by atoms with Gasteiger partial charge in [0.2, 0.25) is 0 Å². The van der Waals surface area contributed by atoms with Gasteiger partial charge in [0.05, 0.1) is 0 Å². The lowest BCUT2D eigenvalue weighted by atomic mass is 9.98. The molecule has 1 aliphatic carbocycles. The summed E-state index contributed by atoms with van der Waals surface area (Å²) in [5, 5.41) is 0. The van der Waals surface area contributed by atoms with Gasteiger partial charge in [-0.05, 0) is 55.9 Å². The molecule has 1 saturated carbocycles. The normalized spacial score (nSPS) is 14.4. The van der Waals surface area contributed by atoms with Crippen LogP contribution in [0.5, 0.6) is 0 Å². The van der Waals surface area contributed by atoms with E-state index in [1.54, 1.807) is 0 Å². The highest BCUT2D eigenvalue weighted by atomic mass is 14.9. The molecule has 1 aromatic heterocycles. The molecule has 1 heterocycles. The maximum absolute atomic E-state index is 4.01. The van der Waals surface area contributed by atoms with Crippen LogP contribution in [0.25, 0.3) is 11.3 Å². The number of allylic oxidation sites excluding steroid dienone is 1. The summed E-state index contributed by atoms with van der Waals surface area (Å²) in [5.74, 6) is 7.27. The lowest BCUT2D eigenvalue weighted by Gasteiger charge is -2.07. The standard InChI is InChI=1S/C23H27N/c1-4-7-21-16-24(23-14-12-20(13-15-23)18(2)3)17-22(21)11-10-19-8-5-6-9-19/h12-17,19H,2,5-6,8-11H2,1,3H3. The number of rotatable bonds is 5. The molecule has 1 heteroatoms. The Morgan fingerprint density at radius 1 is 1.17 bits per heavy atom. The van der Waals surface area contributed by atoms with Crippen molar-refractivity contribution in [3.63, 3.8) is 0 Å². The summed E-state index contributed by atoms with van der Waals surface area (Å²) < 4.78 is 2.21. The minimum absolute atomic E-state index is 0.922. The molecule has 1 aromatic carbocycles. The monoisotopic (exact) mass is 317 g/mol. The zero-order valence-electron chi connectivity index (χ0n) is 14.9. The Kier molecular flexibility index (Phi) is 5.26. The van der Waals surface area contributed by atoms with Crippen molar-refractivity contribution < 1.29 is 0 Å². The first-order valence-corrected chi connectivity index (χ1v) is 9.07. The molecule has 1 fully saturated rings. The van der Waals surface area contributed by atoms with Crippen molar-refractivity contribution in [3.8, 4) is 17.5 Å². The molecule has 24 heavy (non-hydrogen) atoms. The molecule has 0 aliphatic heterocycles. The predicted molar refractivity (Wildman–Crippen MR) is 103 cm³/mol. The number of aryl methyl sites for hydroxylation is 1. The van der Waals surface area contributed by atoms with Crippen molar-refractivity contribution >= 4 is 5.57 Å². The van der Waals surface area contributed by atoms with Crippen LogP contribution in [0, 0.1) is 17.8 Å². The van der Waals surface area contributed by atoms with Crippen molar-refractivity contribution in [2.24, 2.45) is 5.92 Å². The zero-order valence-corrected chi connectivity index (χ0v) is 14.9. The summed E-state index contributed by atoms with van der Waals surface area (Å²) in [4.78, 5) is 0. The van der Waals surface area contributed by atoms with E-state index in [4.69, 9.17) is 0 Å². The fourth-order valence-electron chi connectivity index (χ4n) is 3.67. The van der Waals surface area contributed by atoms with Crippen LogP contribution in [0.1, 0.15) is 62.6 Å². The van der Waals surface area contributed by atoms with Gasteiger partial charge in [-0.2, -0.15) is 0 Å². The van der Waals surface area contributed by atoms with E-state index < -0.39 is 0 Å². The SMILES string of the molecule is C=C(C)c1ccc(-n2cc(C#CC)c(CCC3CCCC3)c2)cc1. The second-order valence-electron chi connectivity index (χ2n) is 7.00. The first kappa shape index (κ1) is 16.7. The number of hydrogen-bond donors (Lipinski definition) is 0. The molecule has 1 aliphatic rings. The molecule has 124 valence electrons. The Morgan fingerprint density at radius 2 is 1.88 bits per heavy atom. The van der Waals surface area contributed by atoms with Gasteiger partial charge in [-0.25, -0.2) is 0 Å². The van der Waals surface area contributed by atoms with Gasteiger partial charge in [-0.1, -0.05) is 55.9 Å². The van der Waals surface area contributed by atoms with Crippen LogP contribution >= 0.6 is 0 Å². The van der Waals surface area contributed by atoms with Gasteiger partial charge < -0.3 is 4.57 Å². The van der Waals surface area contributed by atoms with E-state index in [-0.39, 0.29) is 0 Å². The van der Waals surface area contributed by atoms with Crippen LogP contribution in [0.15, 0.2) is 43.2 Å². The van der Waals surface area contributed by atoms with E-state index in [1.807, 2.05) is 13.8 Å².